The lowest BCUT2D eigenvalue weighted by atomic mass is 10.0. The van der Waals surface area contributed by atoms with Crippen LogP contribution in [0.1, 0.15) is 28.8 Å². The van der Waals surface area contributed by atoms with E-state index in [0.29, 0.717) is 41.7 Å². The fraction of sp³-hybridized carbons (Fsp3) is 0.316. The topological polar surface area (TPSA) is 95.4 Å². The number of carbonyl (C=O) groups is 1. The number of aliphatic hydroxyl groups is 1. The highest BCUT2D eigenvalue weighted by Gasteiger charge is 2.24. The van der Waals surface area contributed by atoms with Crippen LogP contribution in [-0.2, 0) is 6.54 Å². The number of likely N-dealkylation sites (tertiary alicyclic amines) is 1. The van der Waals surface area contributed by atoms with Crippen LogP contribution in [0.25, 0.3) is 10.2 Å². The molecule has 3 heterocycles. The quantitative estimate of drug-likeness (QED) is 0.693. The summed E-state index contributed by atoms with van der Waals surface area (Å²) in [6, 6.07) is 5.81. The van der Waals surface area contributed by atoms with Crippen molar-refractivity contribution in [1.82, 2.24) is 14.5 Å². The Balaban J connectivity index is 1.67. The zero-order chi connectivity index (χ0) is 19.8. The SMILES string of the molecule is O=C(c1cc(Cn2c(=O)[nH]c(=O)c3ccsc32)ccc1F)N1CCC(O)CC1. The number of fused-ring (bicyclic) bond motifs is 1. The summed E-state index contributed by atoms with van der Waals surface area (Å²) in [6.45, 7) is 0.851. The van der Waals surface area contributed by atoms with E-state index in [9.17, 15) is 23.9 Å². The van der Waals surface area contributed by atoms with Gasteiger partial charge in [0, 0.05) is 13.1 Å². The Kier molecular flexibility index (Phi) is 4.86. The second-order valence-corrected chi connectivity index (χ2v) is 7.72. The van der Waals surface area contributed by atoms with Gasteiger partial charge in [0.1, 0.15) is 10.6 Å². The van der Waals surface area contributed by atoms with Crippen LogP contribution in [0, 0.1) is 5.82 Å². The molecule has 1 aliphatic heterocycles. The molecule has 0 aliphatic carbocycles. The minimum Gasteiger partial charge on any atom is -0.393 e. The Labute approximate surface area is 162 Å². The van der Waals surface area contributed by atoms with Gasteiger partial charge in [-0.05, 0) is 42.0 Å². The Morgan fingerprint density at radius 2 is 2.00 bits per heavy atom. The molecule has 146 valence electrons. The van der Waals surface area contributed by atoms with Gasteiger partial charge in [-0.1, -0.05) is 6.07 Å². The van der Waals surface area contributed by atoms with Gasteiger partial charge in [0.15, 0.2) is 0 Å². The molecule has 1 aromatic carbocycles. The molecule has 0 atom stereocenters. The minimum atomic E-state index is -0.630. The molecule has 2 aromatic heterocycles. The Bertz CT molecular complexity index is 1160. The molecule has 1 fully saturated rings. The van der Waals surface area contributed by atoms with Crippen molar-refractivity contribution in [2.75, 3.05) is 13.1 Å². The largest absolute Gasteiger partial charge is 0.393 e. The van der Waals surface area contributed by atoms with E-state index >= 15 is 0 Å². The summed E-state index contributed by atoms with van der Waals surface area (Å²) in [7, 11) is 0. The maximum atomic E-state index is 14.3. The third-order valence-corrected chi connectivity index (χ3v) is 5.89. The molecular formula is C19H18FN3O4S. The number of halogens is 1. The number of nitrogens with zero attached hydrogens (tertiary/aromatic N) is 2. The van der Waals surface area contributed by atoms with Crippen molar-refractivity contribution in [3.05, 3.63) is 67.4 Å². The highest BCUT2D eigenvalue weighted by atomic mass is 32.1. The maximum absolute atomic E-state index is 14.3. The number of H-pyrrole nitrogens is 1. The number of amides is 1. The highest BCUT2D eigenvalue weighted by Crippen LogP contribution is 2.20. The number of hydrogen-bond acceptors (Lipinski definition) is 5. The number of hydrogen-bond donors (Lipinski definition) is 2. The molecule has 0 unspecified atom stereocenters. The Morgan fingerprint density at radius 1 is 1.25 bits per heavy atom. The molecule has 0 radical (unpaired) electrons. The van der Waals surface area contributed by atoms with Crippen molar-refractivity contribution in [3.8, 4) is 0 Å². The predicted octanol–water partition coefficient (Wildman–Crippen LogP) is 1.54. The van der Waals surface area contributed by atoms with Gasteiger partial charge in [0.25, 0.3) is 11.5 Å². The van der Waals surface area contributed by atoms with Crippen molar-refractivity contribution >= 4 is 27.5 Å². The molecule has 3 aromatic rings. The van der Waals surface area contributed by atoms with Gasteiger partial charge in [-0.15, -0.1) is 11.3 Å². The standard InChI is InChI=1S/C19H18FN3O4S/c20-15-2-1-11(9-14(15)17(26)22-6-3-12(24)4-7-22)10-23-18-13(5-8-28-18)16(25)21-19(23)27/h1-2,5,8-9,12,24H,3-4,6-7,10H2,(H,21,25,27). The van der Waals surface area contributed by atoms with E-state index < -0.39 is 29.1 Å². The van der Waals surface area contributed by atoms with Crippen LogP contribution in [-0.4, -0.2) is 44.7 Å². The van der Waals surface area contributed by atoms with Crippen LogP contribution in [0.2, 0.25) is 0 Å². The van der Waals surface area contributed by atoms with Gasteiger partial charge in [-0.2, -0.15) is 0 Å². The van der Waals surface area contributed by atoms with E-state index in [1.165, 1.54) is 39.0 Å². The number of carbonyl (C=O) groups excluding carboxylic acids is 1. The molecule has 0 spiro atoms. The number of benzene rings is 1. The summed E-state index contributed by atoms with van der Waals surface area (Å²) >= 11 is 1.27. The van der Waals surface area contributed by atoms with Crippen LogP contribution in [0.5, 0.6) is 0 Å². The molecule has 1 saturated heterocycles. The molecule has 0 saturated carbocycles. The molecule has 9 heteroatoms. The summed E-state index contributed by atoms with van der Waals surface area (Å²) in [4.78, 5) is 41.2. The fourth-order valence-corrected chi connectivity index (χ4v) is 4.30. The second kappa shape index (κ2) is 7.33. The zero-order valence-corrected chi connectivity index (χ0v) is 15.7. The van der Waals surface area contributed by atoms with Crippen LogP contribution < -0.4 is 11.2 Å². The highest BCUT2D eigenvalue weighted by molar-refractivity contribution is 7.16. The average Bonchev–Trinajstić information content (AvgIpc) is 3.17. The molecule has 28 heavy (non-hydrogen) atoms. The third-order valence-electron chi connectivity index (χ3n) is 4.95. The normalized spacial score (nSPS) is 15.3. The monoisotopic (exact) mass is 403 g/mol. The van der Waals surface area contributed by atoms with Crippen molar-refractivity contribution in [2.45, 2.75) is 25.5 Å². The first kappa shape index (κ1) is 18.6. The maximum Gasteiger partial charge on any atom is 0.329 e. The first-order valence-corrected chi connectivity index (χ1v) is 9.78. The number of thiophene rings is 1. The van der Waals surface area contributed by atoms with E-state index in [2.05, 4.69) is 4.98 Å². The number of rotatable bonds is 3. The Hall–Kier alpha value is -2.78. The smallest absolute Gasteiger partial charge is 0.329 e. The lowest BCUT2D eigenvalue weighted by molar-refractivity contribution is 0.0542. The van der Waals surface area contributed by atoms with Crippen molar-refractivity contribution in [3.63, 3.8) is 0 Å². The van der Waals surface area contributed by atoms with Gasteiger partial charge in [-0.3, -0.25) is 19.1 Å². The van der Waals surface area contributed by atoms with E-state index in [1.54, 1.807) is 11.4 Å². The van der Waals surface area contributed by atoms with Gasteiger partial charge in [0.2, 0.25) is 0 Å². The molecule has 1 aliphatic rings. The van der Waals surface area contributed by atoms with Crippen LogP contribution in [0.3, 0.4) is 0 Å². The van der Waals surface area contributed by atoms with Crippen molar-refractivity contribution in [1.29, 1.82) is 0 Å². The van der Waals surface area contributed by atoms with Crippen LogP contribution >= 0.6 is 11.3 Å². The number of aromatic nitrogens is 2. The second-order valence-electron chi connectivity index (χ2n) is 6.82. The van der Waals surface area contributed by atoms with Gasteiger partial charge < -0.3 is 10.0 Å². The molecule has 1 amide bonds. The van der Waals surface area contributed by atoms with E-state index in [1.807, 2.05) is 0 Å². The molecule has 2 N–H and O–H groups in total. The van der Waals surface area contributed by atoms with Crippen molar-refractivity contribution in [2.24, 2.45) is 0 Å². The van der Waals surface area contributed by atoms with Gasteiger partial charge in [-0.25, -0.2) is 9.18 Å². The number of piperidine rings is 1. The predicted molar refractivity (Wildman–Crippen MR) is 103 cm³/mol. The molecule has 4 rings (SSSR count). The average molecular weight is 403 g/mol. The minimum absolute atomic E-state index is 0.0613. The first-order chi connectivity index (χ1) is 13.4. The molecule has 7 nitrogen and oxygen atoms in total. The lowest BCUT2D eigenvalue weighted by Gasteiger charge is -2.29. The number of aromatic amines is 1. The summed E-state index contributed by atoms with van der Waals surface area (Å²) in [6.07, 6.45) is 0.507. The van der Waals surface area contributed by atoms with E-state index in [0.717, 1.165) is 0 Å². The summed E-state index contributed by atoms with van der Waals surface area (Å²) in [5, 5.41) is 11.7. The van der Waals surface area contributed by atoms with E-state index in [-0.39, 0.29) is 12.1 Å². The Morgan fingerprint density at radius 3 is 2.75 bits per heavy atom. The zero-order valence-electron chi connectivity index (χ0n) is 14.9. The van der Waals surface area contributed by atoms with Gasteiger partial charge in [0.05, 0.1) is 23.6 Å². The van der Waals surface area contributed by atoms with Gasteiger partial charge >= 0.3 is 5.69 Å². The number of nitrogens with one attached hydrogen (secondary N) is 1. The summed E-state index contributed by atoms with van der Waals surface area (Å²) in [5.41, 5.74) is -0.485. The molecule has 0 bridgehead atoms. The summed E-state index contributed by atoms with van der Waals surface area (Å²) < 4.78 is 15.7. The van der Waals surface area contributed by atoms with E-state index in [4.69, 9.17) is 0 Å². The lowest BCUT2D eigenvalue weighted by Crippen LogP contribution is -2.40. The van der Waals surface area contributed by atoms with Crippen LogP contribution in [0.4, 0.5) is 4.39 Å². The summed E-state index contributed by atoms with van der Waals surface area (Å²) in [5.74, 6) is -1.06. The molecular weight excluding hydrogens is 385 g/mol. The third kappa shape index (κ3) is 3.38. The van der Waals surface area contributed by atoms with Crippen LogP contribution in [0.15, 0.2) is 39.2 Å². The fourth-order valence-electron chi connectivity index (χ4n) is 3.41. The number of aliphatic hydroxyl groups excluding tert-OH is 1. The van der Waals surface area contributed by atoms with Crippen molar-refractivity contribution < 1.29 is 14.3 Å². The first-order valence-electron chi connectivity index (χ1n) is 8.90.